The molecule has 1 aromatic heterocycles. The third-order valence-electron chi connectivity index (χ3n) is 4.75. The fraction of sp³-hybridized carbons (Fsp3) is 0.474. The first-order valence-electron chi connectivity index (χ1n) is 9.05. The number of hydrogen-bond acceptors (Lipinski definition) is 5. The Morgan fingerprint density at radius 1 is 1.30 bits per heavy atom. The second-order valence-electron chi connectivity index (χ2n) is 6.70. The van der Waals surface area contributed by atoms with Gasteiger partial charge in [-0.2, -0.15) is 4.98 Å². The zero-order chi connectivity index (χ0) is 19.6. The largest absolute Gasteiger partial charge is 0.337 e. The number of aryl methyl sites for hydroxylation is 2. The Hall–Kier alpha value is -2.77. The van der Waals surface area contributed by atoms with Crippen LogP contribution in [0.3, 0.4) is 0 Å². The Kier molecular flexibility index (Phi) is 5.53. The fourth-order valence-corrected chi connectivity index (χ4v) is 3.24. The Balaban J connectivity index is 1.90. The molecule has 2 heterocycles. The van der Waals surface area contributed by atoms with Crippen LogP contribution in [-0.4, -0.2) is 51.4 Å². The molecule has 1 aliphatic heterocycles. The first kappa shape index (κ1) is 19.0. The molecule has 0 radical (unpaired) electrons. The van der Waals surface area contributed by atoms with Gasteiger partial charge in [-0.3, -0.25) is 9.59 Å². The summed E-state index contributed by atoms with van der Waals surface area (Å²) in [5, 5.41) is 3.81. The van der Waals surface area contributed by atoms with Crippen molar-refractivity contribution >= 4 is 11.8 Å². The van der Waals surface area contributed by atoms with Gasteiger partial charge in [-0.05, 0) is 38.0 Å². The summed E-state index contributed by atoms with van der Waals surface area (Å²) in [4.78, 5) is 32.9. The molecule has 0 N–H and O–H groups in total. The molecule has 144 valence electrons. The van der Waals surface area contributed by atoms with Crippen LogP contribution >= 0.6 is 0 Å². The minimum atomic E-state index is -0.514. The van der Waals surface area contributed by atoms with Crippen LogP contribution in [0.4, 0.5) is 4.39 Å². The summed E-state index contributed by atoms with van der Waals surface area (Å²) in [5.41, 5.74) is 0.773. The third-order valence-corrected chi connectivity index (χ3v) is 4.75. The molecule has 0 aliphatic carbocycles. The van der Waals surface area contributed by atoms with Crippen LogP contribution in [0.1, 0.15) is 53.4 Å². The fourth-order valence-electron chi connectivity index (χ4n) is 3.24. The Morgan fingerprint density at radius 2 is 2.07 bits per heavy atom. The SMILES string of the molecule is CCC(=O)N1CCCN(C(=O)c2ccc(C)c(F)c2)CC1c1nc(C)no1. The van der Waals surface area contributed by atoms with E-state index in [4.69, 9.17) is 4.52 Å². The van der Waals surface area contributed by atoms with Crippen LogP contribution in [0.5, 0.6) is 0 Å². The third kappa shape index (κ3) is 3.99. The highest BCUT2D eigenvalue weighted by Crippen LogP contribution is 2.26. The van der Waals surface area contributed by atoms with Gasteiger partial charge in [0.15, 0.2) is 5.82 Å². The lowest BCUT2D eigenvalue weighted by molar-refractivity contribution is -0.133. The van der Waals surface area contributed by atoms with E-state index in [1.807, 2.05) is 0 Å². The highest BCUT2D eigenvalue weighted by atomic mass is 19.1. The zero-order valence-corrected chi connectivity index (χ0v) is 15.7. The first-order valence-corrected chi connectivity index (χ1v) is 9.05. The molecular weight excluding hydrogens is 351 g/mol. The van der Waals surface area contributed by atoms with Gasteiger partial charge in [0.2, 0.25) is 5.91 Å². The van der Waals surface area contributed by atoms with E-state index in [0.717, 1.165) is 0 Å². The molecule has 1 saturated heterocycles. The number of aromatic nitrogens is 2. The molecule has 0 spiro atoms. The lowest BCUT2D eigenvalue weighted by Crippen LogP contribution is -2.40. The van der Waals surface area contributed by atoms with Crippen molar-refractivity contribution < 1.29 is 18.5 Å². The van der Waals surface area contributed by atoms with E-state index in [1.165, 1.54) is 6.07 Å². The van der Waals surface area contributed by atoms with E-state index in [2.05, 4.69) is 10.1 Å². The van der Waals surface area contributed by atoms with E-state index in [0.29, 0.717) is 43.2 Å². The summed E-state index contributed by atoms with van der Waals surface area (Å²) in [6.07, 6.45) is 0.968. The minimum Gasteiger partial charge on any atom is -0.337 e. The van der Waals surface area contributed by atoms with E-state index in [1.54, 1.807) is 42.7 Å². The van der Waals surface area contributed by atoms with Gasteiger partial charge in [-0.15, -0.1) is 0 Å². The van der Waals surface area contributed by atoms with Gasteiger partial charge in [0.05, 0.1) is 6.54 Å². The number of benzene rings is 1. The van der Waals surface area contributed by atoms with Gasteiger partial charge in [0, 0.05) is 25.1 Å². The molecule has 1 fully saturated rings. The zero-order valence-electron chi connectivity index (χ0n) is 15.7. The predicted octanol–water partition coefficient (Wildman–Crippen LogP) is 2.65. The standard InChI is InChI=1S/C19H23FN4O3/c1-4-17(25)24-9-5-8-23(11-16(24)18-21-13(3)22-27-18)19(26)14-7-6-12(2)15(20)10-14/h6-7,10,16H,4-5,8-9,11H2,1-3H3. The van der Waals surface area contributed by atoms with Gasteiger partial charge in [0.25, 0.3) is 11.8 Å². The maximum absolute atomic E-state index is 13.9. The molecule has 1 aliphatic rings. The molecule has 0 bridgehead atoms. The lowest BCUT2D eigenvalue weighted by Gasteiger charge is -2.29. The van der Waals surface area contributed by atoms with Gasteiger partial charge in [-0.25, -0.2) is 4.39 Å². The molecule has 2 amide bonds. The van der Waals surface area contributed by atoms with E-state index >= 15 is 0 Å². The number of rotatable bonds is 3. The van der Waals surface area contributed by atoms with E-state index < -0.39 is 11.9 Å². The molecule has 1 unspecified atom stereocenters. The van der Waals surface area contributed by atoms with Crippen molar-refractivity contribution in [1.29, 1.82) is 0 Å². The molecule has 27 heavy (non-hydrogen) atoms. The number of amides is 2. The van der Waals surface area contributed by atoms with E-state index in [9.17, 15) is 14.0 Å². The van der Waals surface area contributed by atoms with Crippen LogP contribution in [0.2, 0.25) is 0 Å². The Morgan fingerprint density at radius 3 is 2.70 bits per heavy atom. The summed E-state index contributed by atoms with van der Waals surface area (Å²) in [5.74, 6) is 0.0516. The number of carbonyl (C=O) groups is 2. The van der Waals surface area contributed by atoms with Crippen LogP contribution in [-0.2, 0) is 4.79 Å². The molecule has 1 aromatic carbocycles. The predicted molar refractivity (Wildman–Crippen MR) is 95.4 cm³/mol. The molecule has 2 aromatic rings. The second-order valence-corrected chi connectivity index (χ2v) is 6.70. The average molecular weight is 374 g/mol. The lowest BCUT2D eigenvalue weighted by atomic mass is 10.1. The molecule has 7 nitrogen and oxygen atoms in total. The van der Waals surface area contributed by atoms with Gasteiger partial charge < -0.3 is 14.3 Å². The second kappa shape index (κ2) is 7.85. The smallest absolute Gasteiger partial charge is 0.254 e. The molecule has 3 rings (SSSR count). The van der Waals surface area contributed by atoms with Crippen molar-refractivity contribution in [2.45, 2.75) is 39.7 Å². The van der Waals surface area contributed by atoms with Crippen molar-refractivity contribution in [2.75, 3.05) is 19.6 Å². The Labute approximate surface area is 157 Å². The first-order chi connectivity index (χ1) is 12.9. The van der Waals surface area contributed by atoms with Crippen molar-refractivity contribution in [2.24, 2.45) is 0 Å². The number of halogens is 1. The minimum absolute atomic E-state index is 0.0356. The molecule has 0 saturated carbocycles. The van der Waals surface area contributed by atoms with Crippen molar-refractivity contribution in [3.05, 3.63) is 46.9 Å². The topological polar surface area (TPSA) is 79.5 Å². The van der Waals surface area contributed by atoms with Gasteiger partial charge in [0.1, 0.15) is 11.9 Å². The molecular formula is C19H23FN4O3. The van der Waals surface area contributed by atoms with Crippen LogP contribution < -0.4 is 0 Å². The monoisotopic (exact) mass is 374 g/mol. The summed E-state index contributed by atoms with van der Waals surface area (Å²) in [6, 6.07) is 3.95. The van der Waals surface area contributed by atoms with E-state index in [-0.39, 0.29) is 23.9 Å². The average Bonchev–Trinajstić information content (AvgIpc) is 2.97. The molecule has 8 heteroatoms. The number of carbonyl (C=O) groups excluding carboxylic acids is 2. The van der Waals surface area contributed by atoms with Crippen molar-refractivity contribution in [3.63, 3.8) is 0 Å². The highest BCUT2D eigenvalue weighted by Gasteiger charge is 2.34. The van der Waals surface area contributed by atoms with Crippen LogP contribution in [0, 0.1) is 19.7 Å². The van der Waals surface area contributed by atoms with Gasteiger partial charge in [-0.1, -0.05) is 18.1 Å². The van der Waals surface area contributed by atoms with Crippen molar-refractivity contribution in [3.8, 4) is 0 Å². The maximum Gasteiger partial charge on any atom is 0.254 e. The van der Waals surface area contributed by atoms with Crippen LogP contribution in [0.25, 0.3) is 0 Å². The van der Waals surface area contributed by atoms with Crippen molar-refractivity contribution in [1.82, 2.24) is 19.9 Å². The summed E-state index contributed by atoms with van der Waals surface area (Å²) < 4.78 is 19.2. The quantitative estimate of drug-likeness (QED) is 0.825. The summed E-state index contributed by atoms with van der Waals surface area (Å²) in [6.45, 7) is 6.32. The Bertz CT molecular complexity index is 851. The summed E-state index contributed by atoms with van der Waals surface area (Å²) in [7, 11) is 0. The summed E-state index contributed by atoms with van der Waals surface area (Å²) >= 11 is 0. The number of nitrogens with zero attached hydrogens (tertiary/aromatic N) is 4. The van der Waals surface area contributed by atoms with Crippen LogP contribution in [0.15, 0.2) is 22.7 Å². The maximum atomic E-state index is 13.9. The normalized spacial score (nSPS) is 17.7. The number of hydrogen-bond donors (Lipinski definition) is 0. The highest BCUT2D eigenvalue weighted by molar-refractivity contribution is 5.94. The van der Waals surface area contributed by atoms with Gasteiger partial charge >= 0.3 is 0 Å². The molecule has 1 atom stereocenters.